The number of pyridine rings is 1. The van der Waals surface area contributed by atoms with E-state index in [9.17, 15) is 9.59 Å². The van der Waals surface area contributed by atoms with E-state index >= 15 is 0 Å². The SMILES string of the molecule is CC(c1ccc(Cl)cc1)n1cnc(-c2ccccc2)c1-c1c(C(=O)Nc2cccnc2N2CCC(NC=O)CC2)[nH]c2cc(Cl)ccc12. The van der Waals surface area contributed by atoms with Gasteiger partial charge in [-0.15, -0.1) is 0 Å². The van der Waals surface area contributed by atoms with Crippen LogP contribution in [-0.2, 0) is 4.79 Å². The van der Waals surface area contributed by atoms with Crippen LogP contribution in [0.4, 0.5) is 11.5 Å². The Morgan fingerprint density at radius 2 is 1.71 bits per heavy atom. The Hall–Kier alpha value is -5.12. The monoisotopic (exact) mass is 677 g/mol. The third kappa shape index (κ3) is 6.14. The summed E-state index contributed by atoms with van der Waals surface area (Å²) < 4.78 is 2.10. The highest BCUT2D eigenvalue weighted by Crippen LogP contribution is 2.41. The molecule has 3 aromatic carbocycles. The van der Waals surface area contributed by atoms with Crippen molar-refractivity contribution < 1.29 is 9.59 Å². The largest absolute Gasteiger partial charge is 0.356 e. The highest BCUT2D eigenvalue weighted by Gasteiger charge is 2.29. The number of aromatic amines is 1. The van der Waals surface area contributed by atoms with Crippen molar-refractivity contribution in [2.24, 2.45) is 0 Å². The fourth-order valence-corrected chi connectivity index (χ4v) is 6.78. The van der Waals surface area contributed by atoms with Gasteiger partial charge in [0.15, 0.2) is 5.82 Å². The molecule has 0 spiro atoms. The first-order chi connectivity index (χ1) is 23.4. The molecule has 11 heteroatoms. The lowest BCUT2D eigenvalue weighted by Crippen LogP contribution is -2.42. The maximum atomic E-state index is 14.5. The lowest BCUT2D eigenvalue weighted by atomic mass is 9.99. The molecule has 1 aliphatic heterocycles. The van der Waals surface area contributed by atoms with Gasteiger partial charge in [-0.2, -0.15) is 0 Å². The molecule has 7 rings (SSSR count). The van der Waals surface area contributed by atoms with Crippen molar-refractivity contribution in [2.45, 2.75) is 31.8 Å². The second-order valence-corrected chi connectivity index (χ2v) is 12.8. The summed E-state index contributed by atoms with van der Waals surface area (Å²) in [6.07, 6.45) is 5.88. The summed E-state index contributed by atoms with van der Waals surface area (Å²) in [5.74, 6) is 0.359. The van der Waals surface area contributed by atoms with Crippen LogP contribution in [0.3, 0.4) is 0 Å². The van der Waals surface area contributed by atoms with E-state index in [2.05, 4.69) is 37.0 Å². The Morgan fingerprint density at radius 3 is 2.46 bits per heavy atom. The zero-order valence-corrected chi connectivity index (χ0v) is 27.7. The third-order valence-electron chi connectivity index (χ3n) is 8.97. The smallest absolute Gasteiger partial charge is 0.272 e. The number of aromatic nitrogens is 4. The van der Waals surface area contributed by atoms with Crippen LogP contribution in [0.1, 0.15) is 41.9 Å². The Labute approximate surface area is 287 Å². The van der Waals surface area contributed by atoms with E-state index in [4.69, 9.17) is 28.2 Å². The molecule has 0 bridgehead atoms. The van der Waals surface area contributed by atoms with Crippen LogP contribution in [0, 0.1) is 0 Å². The number of halogens is 2. The number of fused-ring (bicyclic) bond motifs is 1. The van der Waals surface area contributed by atoms with Gasteiger partial charge < -0.3 is 25.1 Å². The Balaban J connectivity index is 1.35. The molecule has 48 heavy (non-hydrogen) atoms. The fourth-order valence-electron chi connectivity index (χ4n) is 6.48. The van der Waals surface area contributed by atoms with E-state index in [0.29, 0.717) is 45.9 Å². The molecule has 9 nitrogen and oxygen atoms in total. The number of rotatable bonds is 9. The van der Waals surface area contributed by atoms with Gasteiger partial charge in [0.2, 0.25) is 6.41 Å². The zero-order chi connectivity index (χ0) is 33.2. The van der Waals surface area contributed by atoms with Crippen molar-refractivity contribution >= 4 is 57.9 Å². The van der Waals surface area contributed by atoms with E-state index in [1.54, 1.807) is 6.20 Å². The highest BCUT2D eigenvalue weighted by molar-refractivity contribution is 6.31. The summed E-state index contributed by atoms with van der Waals surface area (Å²) in [5, 5.41) is 8.09. The molecule has 6 aromatic rings. The number of imidazole rings is 1. The molecular weight excluding hydrogens is 645 g/mol. The fraction of sp³-hybridized carbons (Fsp3) is 0.189. The number of carbonyl (C=O) groups is 2. The average molecular weight is 679 g/mol. The molecule has 1 unspecified atom stereocenters. The number of hydrogen-bond donors (Lipinski definition) is 3. The Bertz CT molecular complexity index is 2080. The molecule has 1 aliphatic rings. The van der Waals surface area contributed by atoms with Crippen LogP contribution in [-0.4, -0.2) is 51.0 Å². The van der Waals surface area contributed by atoms with Crippen molar-refractivity contribution in [1.82, 2.24) is 24.8 Å². The van der Waals surface area contributed by atoms with Gasteiger partial charge in [0.1, 0.15) is 5.69 Å². The number of nitrogens with zero attached hydrogens (tertiary/aromatic N) is 4. The van der Waals surface area contributed by atoms with Crippen molar-refractivity contribution in [3.8, 4) is 22.5 Å². The summed E-state index contributed by atoms with van der Waals surface area (Å²) in [6.45, 7) is 3.50. The molecule has 0 radical (unpaired) electrons. The predicted octanol–water partition coefficient (Wildman–Crippen LogP) is 7.98. The van der Waals surface area contributed by atoms with Crippen molar-refractivity contribution in [3.05, 3.63) is 119 Å². The lowest BCUT2D eigenvalue weighted by Gasteiger charge is -2.33. The molecule has 4 heterocycles. The van der Waals surface area contributed by atoms with Crippen LogP contribution in [0.25, 0.3) is 33.4 Å². The summed E-state index contributed by atoms with van der Waals surface area (Å²) in [6, 6.07) is 27.0. The second kappa shape index (κ2) is 13.5. The summed E-state index contributed by atoms with van der Waals surface area (Å²) in [4.78, 5) is 40.6. The molecule has 0 saturated carbocycles. The minimum atomic E-state index is -0.324. The summed E-state index contributed by atoms with van der Waals surface area (Å²) in [7, 11) is 0. The van der Waals surface area contributed by atoms with Gasteiger partial charge >= 0.3 is 0 Å². The van der Waals surface area contributed by atoms with Gasteiger partial charge in [-0.1, -0.05) is 71.7 Å². The lowest BCUT2D eigenvalue weighted by molar-refractivity contribution is -0.110. The van der Waals surface area contributed by atoms with Crippen LogP contribution in [0.15, 0.2) is 97.5 Å². The van der Waals surface area contributed by atoms with Gasteiger partial charge in [0.05, 0.1) is 29.4 Å². The maximum absolute atomic E-state index is 14.5. The number of anilines is 2. The number of hydrogen-bond acceptors (Lipinski definition) is 5. The van der Waals surface area contributed by atoms with Gasteiger partial charge in [-0.25, -0.2) is 9.97 Å². The Kier molecular flexibility index (Phi) is 8.88. The van der Waals surface area contributed by atoms with Crippen molar-refractivity contribution in [3.63, 3.8) is 0 Å². The first-order valence-corrected chi connectivity index (χ1v) is 16.6. The van der Waals surface area contributed by atoms with E-state index in [-0.39, 0.29) is 18.0 Å². The van der Waals surface area contributed by atoms with Gasteiger partial charge in [-0.3, -0.25) is 9.59 Å². The van der Waals surface area contributed by atoms with Crippen molar-refractivity contribution in [2.75, 3.05) is 23.3 Å². The standard InChI is InChI=1S/C37H33Cl2N7O2/c1-23(24-9-11-26(38)12-10-24)46-21-41-33(25-6-3-2-4-7-25)35(46)32-29-14-13-27(39)20-31(29)43-34(32)37(48)44-30-8-5-17-40-36(30)45-18-15-28(16-19-45)42-22-47/h2-14,17,20-23,28,43H,15-16,18-19H2,1H3,(H,42,47)(H,44,48). The molecule has 1 atom stereocenters. The second-order valence-electron chi connectivity index (χ2n) is 11.9. The number of amides is 2. The van der Waals surface area contributed by atoms with Crippen molar-refractivity contribution in [1.29, 1.82) is 0 Å². The predicted molar refractivity (Wildman–Crippen MR) is 192 cm³/mol. The van der Waals surface area contributed by atoms with Crippen LogP contribution >= 0.6 is 23.2 Å². The van der Waals surface area contributed by atoms with Gasteiger partial charge in [0.25, 0.3) is 5.91 Å². The van der Waals surface area contributed by atoms with Crippen LogP contribution in [0.5, 0.6) is 0 Å². The molecule has 2 amide bonds. The topological polar surface area (TPSA) is 108 Å². The van der Waals surface area contributed by atoms with Crippen LogP contribution in [0.2, 0.25) is 10.0 Å². The minimum Gasteiger partial charge on any atom is -0.356 e. The van der Waals surface area contributed by atoms with Gasteiger partial charge in [-0.05, 0) is 61.7 Å². The quantitative estimate of drug-likeness (QED) is 0.135. The number of piperidine rings is 1. The summed E-state index contributed by atoms with van der Waals surface area (Å²) >= 11 is 12.7. The van der Waals surface area contributed by atoms with Gasteiger partial charge in [0, 0.05) is 57.4 Å². The third-order valence-corrected chi connectivity index (χ3v) is 9.46. The molecule has 0 aliphatic carbocycles. The van der Waals surface area contributed by atoms with E-state index < -0.39 is 0 Å². The summed E-state index contributed by atoms with van der Waals surface area (Å²) in [5.41, 5.74) is 5.90. The zero-order valence-electron chi connectivity index (χ0n) is 26.2. The number of H-pyrrole nitrogens is 1. The van der Waals surface area contributed by atoms with E-state index in [1.165, 1.54) is 0 Å². The molecular formula is C37H33Cl2N7O2. The first kappa shape index (κ1) is 31.5. The molecule has 242 valence electrons. The molecule has 1 fully saturated rings. The minimum absolute atomic E-state index is 0.125. The van der Waals surface area contributed by atoms with E-state index in [1.807, 2.05) is 91.3 Å². The number of carbonyl (C=O) groups excluding carboxylic acids is 2. The Morgan fingerprint density at radius 1 is 0.958 bits per heavy atom. The van der Waals surface area contributed by atoms with Crippen LogP contribution < -0.4 is 15.5 Å². The molecule has 3 N–H and O–H groups in total. The maximum Gasteiger partial charge on any atom is 0.272 e. The normalized spacial score (nSPS) is 14.2. The number of benzene rings is 3. The average Bonchev–Trinajstić information content (AvgIpc) is 3.71. The number of nitrogens with one attached hydrogen (secondary N) is 3. The first-order valence-electron chi connectivity index (χ1n) is 15.8. The molecule has 3 aromatic heterocycles. The molecule has 1 saturated heterocycles. The highest BCUT2D eigenvalue weighted by atomic mass is 35.5. The van der Waals surface area contributed by atoms with E-state index in [0.717, 1.165) is 52.7 Å².